The van der Waals surface area contributed by atoms with E-state index in [0.717, 1.165) is 6.08 Å². The first-order valence-corrected chi connectivity index (χ1v) is 4.59. The molecule has 16 heavy (non-hydrogen) atoms. The van der Waals surface area contributed by atoms with Crippen LogP contribution < -0.4 is 11.1 Å². The van der Waals surface area contributed by atoms with Gasteiger partial charge in [-0.15, -0.1) is 13.2 Å². The maximum Gasteiger partial charge on any atom is 0.247 e. The predicted molar refractivity (Wildman–Crippen MR) is 66.6 cm³/mol. The fourth-order valence-corrected chi connectivity index (χ4v) is 0.557. The molecule has 0 rings (SSSR count). The van der Waals surface area contributed by atoms with E-state index in [9.17, 15) is 9.59 Å². The predicted octanol–water partition coefficient (Wildman–Crippen LogP) is 1.08. The lowest BCUT2D eigenvalue weighted by Gasteiger charge is -2.01. The van der Waals surface area contributed by atoms with Crippen LogP contribution in [0.5, 0.6) is 0 Å². The summed E-state index contributed by atoms with van der Waals surface area (Å²) in [6, 6.07) is 0. The first kappa shape index (κ1) is 16.3. The van der Waals surface area contributed by atoms with Gasteiger partial charge in [0.25, 0.3) is 0 Å². The molecule has 0 aliphatic heterocycles. The molecule has 2 amide bonds. The van der Waals surface area contributed by atoms with Crippen LogP contribution in [0.1, 0.15) is 6.42 Å². The minimum absolute atomic E-state index is 0.134. The van der Waals surface area contributed by atoms with Crippen molar-refractivity contribution in [3.05, 3.63) is 50.1 Å². The van der Waals surface area contributed by atoms with Crippen molar-refractivity contribution in [3.63, 3.8) is 0 Å². The number of hydrogen-bond donors (Lipinski definition) is 2. The topological polar surface area (TPSA) is 72.2 Å². The molecule has 0 saturated heterocycles. The van der Waals surface area contributed by atoms with Gasteiger partial charge < -0.3 is 11.1 Å². The van der Waals surface area contributed by atoms with Crippen LogP contribution in [0.2, 0.25) is 0 Å². The quantitative estimate of drug-likeness (QED) is 0.521. The highest BCUT2D eigenvalue weighted by atomic mass is 16.1. The average molecular weight is 222 g/mol. The van der Waals surface area contributed by atoms with Crippen molar-refractivity contribution in [2.45, 2.75) is 6.42 Å². The summed E-state index contributed by atoms with van der Waals surface area (Å²) in [7, 11) is 0. The molecular formula is C12H18N2O2. The molecule has 0 radical (unpaired) electrons. The summed E-state index contributed by atoms with van der Waals surface area (Å²) in [4.78, 5) is 20.5. The average Bonchev–Trinajstić information content (AvgIpc) is 2.26. The standard InChI is InChI=1S/C9H13NO.C3H5NO/c1-4-6-8(3)9(11)10-7-5-2;1-2-3(4)5/h4-5H,1-3,6-7H2,(H,10,11);2H,1H2,(H2,4,5). The Balaban J connectivity index is 0. The number of hydrogen-bond acceptors (Lipinski definition) is 2. The molecular weight excluding hydrogens is 204 g/mol. The van der Waals surface area contributed by atoms with Gasteiger partial charge in [-0.25, -0.2) is 0 Å². The van der Waals surface area contributed by atoms with Crippen molar-refractivity contribution in [1.29, 1.82) is 0 Å². The maximum atomic E-state index is 11.0. The van der Waals surface area contributed by atoms with Gasteiger partial charge >= 0.3 is 0 Å². The van der Waals surface area contributed by atoms with Crippen molar-refractivity contribution in [2.75, 3.05) is 6.54 Å². The third-order valence-electron chi connectivity index (χ3n) is 1.32. The molecule has 4 heteroatoms. The largest absolute Gasteiger partial charge is 0.366 e. The van der Waals surface area contributed by atoms with Crippen LogP contribution in [0, 0.1) is 0 Å². The zero-order chi connectivity index (χ0) is 13.0. The summed E-state index contributed by atoms with van der Waals surface area (Å²) in [5.41, 5.74) is 5.06. The lowest BCUT2D eigenvalue weighted by molar-refractivity contribution is -0.117. The Bertz CT molecular complexity index is 293. The van der Waals surface area contributed by atoms with E-state index < -0.39 is 5.91 Å². The van der Waals surface area contributed by atoms with E-state index in [2.05, 4.69) is 37.4 Å². The van der Waals surface area contributed by atoms with E-state index in [-0.39, 0.29) is 5.91 Å². The third-order valence-corrected chi connectivity index (χ3v) is 1.32. The Kier molecular flexibility index (Phi) is 11.2. The fourth-order valence-electron chi connectivity index (χ4n) is 0.557. The Hall–Kier alpha value is -2.10. The van der Waals surface area contributed by atoms with Crippen molar-refractivity contribution >= 4 is 11.8 Å². The van der Waals surface area contributed by atoms with Crippen molar-refractivity contribution in [3.8, 4) is 0 Å². The zero-order valence-electron chi connectivity index (χ0n) is 9.37. The monoisotopic (exact) mass is 222 g/mol. The number of amides is 2. The summed E-state index contributed by atoms with van der Waals surface area (Å²) in [5.74, 6) is -0.616. The molecule has 0 heterocycles. The lowest BCUT2D eigenvalue weighted by atomic mass is 10.2. The second-order valence-corrected chi connectivity index (χ2v) is 2.70. The number of primary amides is 1. The highest BCUT2D eigenvalue weighted by Crippen LogP contribution is 1.96. The van der Waals surface area contributed by atoms with Crippen LogP contribution in [0.25, 0.3) is 0 Å². The third kappa shape index (κ3) is 11.9. The van der Waals surface area contributed by atoms with Crippen molar-refractivity contribution in [1.82, 2.24) is 5.32 Å². The minimum atomic E-state index is -0.481. The van der Waals surface area contributed by atoms with E-state index in [4.69, 9.17) is 0 Å². The van der Waals surface area contributed by atoms with Gasteiger partial charge in [0.1, 0.15) is 0 Å². The second-order valence-electron chi connectivity index (χ2n) is 2.70. The Morgan fingerprint density at radius 2 is 1.69 bits per heavy atom. The van der Waals surface area contributed by atoms with Gasteiger partial charge in [0.15, 0.2) is 0 Å². The maximum absolute atomic E-state index is 11.0. The van der Waals surface area contributed by atoms with Gasteiger partial charge in [-0.2, -0.15) is 0 Å². The van der Waals surface area contributed by atoms with E-state index in [0.29, 0.717) is 18.5 Å². The minimum Gasteiger partial charge on any atom is -0.366 e. The lowest BCUT2D eigenvalue weighted by Crippen LogP contribution is -2.24. The molecule has 0 saturated carbocycles. The van der Waals surface area contributed by atoms with Crippen LogP contribution in [-0.2, 0) is 9.59 Å². The Morgan fingerprint density at radius 1 is 1.19 bits per heavy atom. The normalized spacial score (nSPS) is 7.75. The number of carbonyl (C=O) groups is 2. The summed E-state index contributed by atoms with van der Waals surface area (Å²) < 4.78 is 0. The van der Waals surface area contributed by atoms with Gasteiger partial charge in [-0.05, 0) is 12.5 Å². The van der Waals surface area contributed by atoms with Gasteiger partial charge in [-0.3, -0.25) is 9.59 Å². The highest BCUT2D eigenvalue weighted by Gasteiger charge is 2.01. The van der Waals surface area contributed by atoms with Gasteiger partial charge in [-0.1, -0.05) is 25.3 Å². The number of nitrogens with two attached hydrogens (primary N) is 1. The molecule has 4 nitrogen and oxygen atoms in total. The van der Waals surface area contributed by atoms with Crippen LogP contribution in [0.15, 0.2) is 50.1 Å². The first-order chi connectivity index (χ1) is 7.49. The molecule has 0 aliphatic carbocycles. The molecule has 0 atom stereocenters. The molecule has 0 aromatic heterocycles. The number of allylic oxidation sites excluding steroid dienone is 1. The van der Waals surface area contributed by atoms with Crippen LogP contribution in [0.3, 0.4) is 0 Å². The summed E-state index contributed by atoms with van der Waals surface area (Å²) >= 11 is 0. The molecule has 88 valence electrons. The SMILES string of the molecule is C=CC(N)=O.C=CCNC(=O)C(=C)CC=C. The summed E-state index contributed by atoms with van der Waals surface area (Å²) in [6.45, 7) is 14.1. The fraction of sp³-hybridized carbons (Fsp3) is 0.167. The summed E-state index contributed by atoms with van der Waals surface area (Å²) in [6.07, 6.45) is 4.86. The molecule has 0 aromatic rings. The van der Waals surface area contributed by atoms with E-state index in [1.54, 1.807) is 12.2 Å². The summed E-state index contributed by atoms with van der Waals surface area (Å²) in [5, 5.41) is 2.61. The number of carbonyl (C=O) groups excluding carboxylic acids is 2. The zero-order valence-corrected chi connectivity index (χ0v) is 9.37. The molecule has 0 fully saturated rings. The molecule has 3 N–H and O–H groups in total. The second kappa shape index (κ2) is 11.0. The van der Waals surface area contributed by atoms with Crippen LogP contribution in [0.4, 0.5) is 0 Å². The van der Waals surface area contributed by atoms with Crippen molar-refractivity contribution < 1.29 is 9.59 Å². The van der Waals surface area contributed by atoms with E-state index in [1.165, 1.54) is 0 Å². The highest BCUT2D eigenvalue weighted by molar-refractivity contribution is 5.93. The van der Waals surface area contributed by atoms with Gasteiger partial charge in [0, 0.05) is 12.1 Å². The number of nitrogens with one attached hydrogen (secondary N) is 1. The van der Waals surface area contributed by atoms with E-state index >= 15 is 0 Å². The first-order valence-electron chi connectivity index (χ1n) is 4.59. The van der Waals surface area contributed by atoms with Crippen molar-refractivity contribution in [2.24, 2.45) is 5.73 Å². The van der Waals surface area contributed by atoms with Gasteiger partial charge in [0.05, 0.1) is 0 Å². The van der Waals surface area contributed by atoms with E-state index in [1.807, 2.05) is 0 Å². The Morgan fingerprint density at radius 3 is 2.00 bits per heavy atom. The molecule has 0 spiro atoms. The molecule has 0 bridgehead atoms. The Labute approximate surface area is 96.2 Å². The number of rotatable bonds is 6. The smallest absolute Gasteiger partial charge is 0.247 e. The molecule has 0 aromatic carbocycles. The van der Waals surface area contributed by atoms with Gasteiger partial charge in [0.2, 0.25) is 11.8 Å². The molecule has 0 aliphatic rings. The van der Waals surface area contributed by atoms with Crippen LogP contribution in [-0.4, -0.2) is 18.4 Å². The molecule has 0 unspecified atom stereocenters. The van der Waals surface area contributed by atoms with Crippen LogP contribution >= 0.6 is 0 Å².